The Bertz CT molecular complexity index is 564. The molecule has 19 heavy (non-hydrogen) atoms. The van der Waals surface area contributed by atoms with Gasteiger partial charge in [-0.2, -0.15) is 4.31 Å². The molecule has 1 aromatic rings. The minimum atomic E-state index is -3.47. The van der Waals surface area contributed by atoms with Crippen molar-refractivity contribution in [2.24, 2.45) is 0 Å². The molecule has 1 aliphatic rings. The number of nitrogens with zero attached hydrogens (tertiary/aromatic N) is 1. The minimum absolute atomic E-state index is 0.0404. The Morgan fingerprint density at radius 2 is 1.84 bits per heavy atom. The smallest absolute Gasteiger partial charge is 0.243 e. The van der Waals surface area contributed by atoms with Crippen LogP contribution >= 0.6 is 15.9 Å². The van der Waals surface area contributed by atoms with Crippen LogP contribution in [0.15, 0.2) is 27.6 Å². The number of nitrogens with two attached hydrogens (primary N) is 1. The number of anilines is 1. The molecule has 2 N–H and O–H groups in total. The van der Waals surface area contributed by atoms with Gasteiger partial charge in [-0.05, 0) is 60.8 Å². The number of halogens is 1. The number of sulfonamides is 1. The molecule has 0 amide bonds. The lowest BCUT2D eigenvalue weighted by molar-refractivity contribution is 0.204. The minimum Gasteiger partial charge on any atom is -0.398 e. The van der Waals surface area contributed by atoms with Gasteiger partial charge >= 0.3 is 0 Å². The zero-order valence-electron chi connectivity index (χ0n) is 11.1. The van der Waals surface area contributed by atoms with Gasteiger partial charge in [-0.3, -0.25) is 0 Å². The van der Waals surface area contributed by atoms with Crippen LogP contribution in [-0.2, 0) is 10.0 Å². The highest BCUT2D eigenvalue weighted by Crippen LogP contribution is 2.31. The van der Waals surface area contributed by atoms with E-state index in [0.29, 0.717) is 10.2 Å². The van der Waals surface area contributed by atoms with E-state index in [2.05, 4.69) is 15.9 Å². The summed E-state index contributed by atoms with van der Waals surface area (Å²) in [6.07, 6.45) is 2.90. The summed E-state index contributed by atoms with van der Waals surface area (Å²) in [6, 6.07) is 4.89. The Labute approximate surface area is 123 Å². The molecule has 2 atom stereocenters. The van der Waals surface area contributed by atoms with Gasteiger partial charge in [0.15, 0.2) is 0 Å². The molecule has 106 valence electrons. The third-order valence-corrected chi connectivity index (χ3v) is 6.50. The van der Waals surface area contributed by atoms with E-state index in [1.807, 2.05) is 13.8 Å². The Balaban J connectivity index is 2.43. The fourth-order valence-electron chi connectivity index (χ4n) is 2.68. The van der Waals surface area contributed by atoms with E-state index >= 15 is 0 Å². The summed E-state index contributed by atoms with van der Waals surface area (Å²) in [6.45, 7) is 3.94. The monoisotopic (exact) mass is 346 g/mol. The van der Waals surface area contributed by atoms with E-state index in [1.54, 1.807) is 16.4 Å². The average Bonchev–Trinajstić information content (AvgIpc) is 2.32. The van der Waals surface area contributed by atoms with Crippen molar-refractivity contribution in [2.75, 3.05) is 5.73 Å². The van der Waals surface area contributed by atoms with Crippen molar-refractivity contribution in [1.82, 2.24) is 4.31 Å². The van der Waals surface area contributed by atoms with Crippen molar-refractivity contribution < 1.29 is 8.42 Å². The maximum atomic E-state index is 12.7. The van der Waals surface area contributed by atoms with E-state index in [4.69, 9.17) is 5.73 Å². The van der Waals surface area contributed by atoms with Gasteiger partial charge in [-0.1, -0.05) is 6.42 Å². The Kier molecular flexibility index (Phi) is 4.23. The lowest BCUT2D eigenvalue weighted by Gasteiger charge is -2.37. The highest BCUT2D eigenvalue weighted by molar-refractivity contribution is 9.10. The predicted octanol–water partition coefficient (Wildman–Crippen LogP) is 2.98. The molecule has 0 spiro atoms. The Hall–Kier alpha value is -0.590. The summed E-state index contributed by atoms with van der Waals surface area (Å²) < 4.78 is 27.8. The summed E-state index contributed by atoms with van der Waals surface area (Å²) in [5.74, 6) is 0. The SMILES string of the molecule is CC1CCCC(C)N1S(=O)(=O)c1ccc(Br)c(N)c1. The molecule has 4 nitrogen and oxygen atoms in total. The lowest BCUT2D eigenvalue weighted by atomic mass is 10.0. The van der Waals surface area contributed by atoms with Gasteiger partial charge in [0, 0.05) is 22.2 Å². The molecule has 0 aromatic heterocycles. The standard InChI is InChI=1S/C13H19BrN2O2S/c1-9-4-3-5-10(2)16(9)19(17,18)11-6-7-12(14)13(15)8-11/h6-10H,3-5,15H2,1-2H3. The zero-order valence-corrected chi connectivity index (χ0v) is 13.5. The molecule has 0 radical (unpaired) electrons. The van der Waals surface area contributed by atoms with Gasteiger partial charge in [0.25, 0.3) is 0 Å². The van der Waals surface area contributed by atoms with Crippen molar-refractivity contribution in [3.8, 4) is 0 Å². The summed E-state index contributed by atoms with van der Waals surface area (Å²) in [5, 5.41) is 0. The fraction of sp³-hybridized carbons (Fsp3) is 0.538. The third-order valence-electron chi connectivity index (χ3n) is 3.66. The highest BCUT2D eigenvalue weighted by Gasteiger charge is 2.35. The number of piperidine rings is 1. The van der Waals surface area contributed by atoms with Crippen LogP contribution in [0.1, 0.15) is 33.1 Å². The Morgan fingerprint density at radius 1 is 1.26 bits per heavy atom. The van der Waals surface area contributed by atoms with Gasteiger partial charge in [0.05, 0.1) is 4.90 Å². The van der Waals surface area contributed by atoms with Gasteiger partial charge in [-0.25, -0.2) is 8.42 Å². The molecule has 1 fully saturated rings. The third kappa shape index (κ3) is 2.80. The second-order valence-corrected chi connectivity index (χ2v) is 7.84. The van der Waals surface area contributed by atoms with Crippen LogP contribution in [0.5, 0.6) is 0 Å². The zero-order chi connectivity index (χ0) is 14.2. The molecule has 1 heterocycles. The van der Waals surface area contributed by atoms with Gasteiger partial charge in [0.2, 0.25) is 10.0 Å². The number of hydrogen-bond donors (Lipinski definition) is 1. The molecule has 0 aliphatic carbocycles. The van der Waals surface area contributed by atoms with Crippen molar-refractivity contribution in [1.29, 1.82) is 0 Å². The molecule has 6 heteroatoms. The molecule has 1 aliphatic heterocycles. The number of hydrogen-bond acceptors (Lipinski definition) is 3. The molecule has 0 saturated carbocycles. The molecule has 2 unspecified atom stereocenters. The average molecular weight is 347 g/mol. The second-order valence-electron chi connectivity index (χ2n) is 5.15. The number of nitrogen functional groups attached to an aromatic ring is 1. The van der Waals surface area contributed by atoms with Crippen molar-refractivity contribution in [2.45, 2.75) is 50.1 Å². The van der Waals surface area contributed by atoms with Crippen LogP contribution < -0.4 is 5.73 Å². The predicted molar refractivity (Wildman–Crippen MR) is 80.4 cm³/mol. The number of benzene rings is 1. The highest BCUT2D eigenvalue weighted by atomic mass is 79.9. The summed E-state index contributed by atoms with van der Waals surface area (Å²) >= 11 is 3.28. The molecular weight excluding hydrogens is 328 g/mol. The van der Waals surface area contributed by atoms with E-state index < -0.39 is 10.0 Å². The number of rotatable bonds is 2. The van der Waals surface area contributed by atoms with Gasteiger partial charge in [-0.15, -0.1) is 0 Å². The summed E-state index contributed by atoms with van der Waals surface area (Å²) in [7, 11) is -3.47. The van der Waals surface area contributed by atoms with Crippen LogP contribution in [0.2, 0.25) is 0 Å². The van der Waals surface area contributed by atoms with Crippen LogP contribution in [-0.4, -0.2) is 24.8 Å². The van der Waals surface area contributed by atoms with E-state index in [-0.39, 0.29) is 17.0 Å². The van der Waals surface area contributed by atoms with Crippen LogP contribution in [0.25, 0.3) is 0 Å². The normalized spacial score (nSPS) is 25.4. The van der Waals surface area contributed by atoms with Crippen molar-refractivity contribution in [3.63, 3.8) is 0 Å². The quantitative estimate of drug-likeness (QED) is 0.837. The first-order valence-corrected chi connectivity index (χ1v) is 8.66. The topological polar surface area (TPSA) is 63.4 Å². The maximum absolute atomic E-state index is 12.7. The molecule has 0 bridgehead atoms. The molecule has 2 rings (SSSR count). The van der Waals surface area contributed by atoms with Gasteiger partial charge in [0.1, 0.15) is 0 Å². The first kappa shape index (κ1) is 14.8. The van der Waals surface area contributed by atoms with E-state index in [9.17, 15) is 8.42 Å². The molecule has 1 saturated heterocycles. The Morgan fingerprint density at radius 3 is 2.37 bits per heavy atom. The first-order valence-electron chi connectivity index (χ1n) is 6.42. The van der Waals surface area contributed by atoms with E-state index in [0.717, 1.165) is 19.3 Å². The van der Waals surface area contributed by atoms with Crippen LogP contribution in [0, 0.1) is 0 Å². The first-order chi connectivity index (χ1) is 8.84. The van der Waals surface area contributed by atoms with E-state index in [1.165, 1.54) is 6.07 Å². The molecule has 1 aromatic carbocycles. The van der Waals surface area contributed by atoms with Crippen LogP contribution in [0.4, 0.5) is 5.69 Å². The van der Waals surface area contributed by atoms with Gasteiger partial charge < -0.3 is 5.73 Å². The summed E-state index contributed by atoms with van der Waals surface area (Å²) in [4.78, 5) is 0.272. The second kappa shape index (κ2) is 5.42. The molecular formula is C13H19BrN2O2S. The summed E-state index contributed by atoms with van der Waals surface area (Å²) in [5.41, 5.74) is 6.23. The largest absolute Gasteiger partial charge is 0.398 e. The fourth-order valence-corrected chi connectivity index (χ4v) is 4.84. The van der Waals surface area contributed by atoms with Crippen molar-refractivity contribution >= 4 is 31.6 Å². The van der Waals surface area contributed by atoms with Crippen molar-refractivity contribution in [3.05, 3.63) is 22.7 Å². The lowest BCUT2D eigenvalue weighted by Crippen LogP contribution is -2.47. The van der Waals surface area contributed by atoms with Crippen LogP contribution in [0.3, 0.4) is 0 Å². The maximum Gasteiger partial charge on any atom is 0.243 e.